The molecule has 0 saturated carbocycles. The summed E-state index contributed by atoms with van der Waals surface area (Å²) in [5.41, 5.74) is 0.284. The van der Waals surface area contributed by atoms with E-state index in [0.29, 0.717) is 13.2 Å². The van der Waals surface area contributed by atoms with E-state index in [1.807, 2.05) is 0 Å². The van der Waals surface area contributed by atoms with E-state index in [4.69, 9.17) is 9.47 Å². The molecule has 1 aliphatic rings. The van der Waals surface area contributed by atoms with Crippen LogP contribution < -0.4 is 16.0 Å². The van der Waals surface area contributed by atoms with Crippen molar-refractivity contribution in [1.29, 1.82) is 0 Å². The maximum atomic E-state index is 5.55. The number of ether oxygens (including phenoxy) is 2. The Balaban J connectivity index is 1.71. The zero-order valence-corrected chi connectivity index (χ0v) is 15.6. The Morgan fingerprint density at radius 3 is 2.19 bits per heavy atom. The van der Waals surface area contributed by atoms with Gasteiger partial charge in [-0.3, -0.25) is 0 Å². The van der Waals surface area contributed by atoms with Gasteiger partial charge in [-0.05, 0) is 14.0 Å². The minimum atomic E-state index is 0.284. The molecule has 0 bridgehead atoms. The Kier molecular flexibility index (Phi) is 11.1. The molecule has 7 heteroatoms. The van der Waals surface area contributed by atoms with Crippen molar-refractivity contribution < 1.29 is 9.47 Å². The fraction of sp³-hybridized carbons (Fsp3) is 1.00. The maximum Gasteiger partial charge on any atom is 0.0701 e. The average Bonchev–Trinajstić information content (AvgIpc) is 2.42. The van der Waals surface area contributed by atoms with Crippen molar-refractivity contribution in [3.05, 3.63) is 0 Å². The summed E-state index contributed by atoms with van der Waals surface area (Å²) in [6, 6.07) is 0. The molecule has 3 N–H and O–H groups in total. The number of hydrogen-bond donors (Lipinski definition) is 3. The van der Waals surface area contributed by atoms with Gasteiger partial charge in [-0.25, -0.2) is 0 Å². The summed E-state index contributed by atoms with van der Waals surface area (Å²) in [7, 11) is 2.14. The number of likely N-dealkylation sites (tertiary alicyclic amines) is 1. The Morgan fingerprint density at radius 1 is 0.952 bits per heavy atom. The summed E-state index contributed by atoms with van der Waals surface area (Å²) in [5.74, 6) is 0. The summed E-state index contributed by atoms with van der Waals surface area (Å²) in [6.45, 7) is 11.2. The molecule has 1 aliphatic heterocycles. The zero-order chi connectivity index (χ0) is 15.4. The molecule has 0 spiro atoms. The number of nitrogens with zero attached hydrogens (tertiary/aromatic N) is 1. The summed E-state index contributed by atoms with van der Waals surface area (Å²) >= 11 is 2.31. The van der Waals surface area contributed by atoms with Crippen LogP contribution in [0, 0.1) is 0 Å². The van der Waals surface area contributed by atoms with Gasteiger partial charge in [0.15, 0.2) is 0 Å². The fourth-order valence-electron chi connectivity index (χ4n) is 2.52. The van der Waals surface area contributed by atoms with Gasteiger partial charge < -0.3 is 30.3 Å². The molecule has 1 fully saturated rings. The lowest BCUT2D eigenvalue weighted by atomic mass is 9.93. The Labute approximate surface area is 142 Å². The minimum Gasteiger partial charge on any atom is -0.378 e. The fourth-order valence-corrected chi connectivity index (χ4v) is 2.90. The maximum absolute atomic E-state index is 5.55. The monoisotopic (exact) mass is 414 g/mol. The van der Waals surface area contributed by atoms with Gasteiger partial charge in [-0.2, -0.15) is 0 Å². The normalized spacial score (nSPS) is 17.9. The summed E-state index contributed by atoms with van der Waals surface area (Å²) < 4.78 is 12.0. The number of nitrogens with one attached hydrogen (secondary N) is 3. The van der Waals surface area contributed by atoms with Crippen LogP contribution in [0.4, 0.5) is 0 Å². The molecule has 1 rings (SSSR count). The Hall–Kier alpha value is 0.490. The lowest BCUT2D eigenvalue weighted by Crippen LogP contribution is -2.66. The van der Waals surface area contributed by atoms with Gasteiger partial charge in [0.1, 0.15) is 0 Å². The summed E-state index contributed by atoms with van der Waals surface area (Å²) in [4.78, 5) is 2.31. The van der Waals surface area contributed by atoms with Crippen molar-refractivity contribution in [2.45, 2.75) is 12.5 Å². The van der Waals surface area contributed by atoms with Gasteiger partial charge in [-0.15, -0.1) is 0 Å². The van der Waals surface area contributed by atoms with Crippen LogP contribution in [-0.4, -0.2) is 87.7 Å². The van der Waals surface area contributed by atoms with E-state index >= 15 is 0 Å². The van der Waals surface area contributed by atoms with Crippen LogP contribution in [0.1, 0.15) is 6.92 Å². The molecule has 1 heterocycles. The van der Waals surface area contributed by atoms with E-state index in [2.05, 4.69) is 57.4 Å². The molecule has 0 atom stereocenters. The highest BCUT2D eigenvalue weighted by Crippen LogP contribution is 2.17. The van der Waals surface area contributed by atoms with Crippen LogP contribution in [0.15, 0.2) is 0 Å². The third-order valence-electron chi connectivity index (χ3n) is 3.40. The van der Waals surface area contributed by atoms with Crippen molar-refractivity contribution in [1.82, 2.24) is 20.9 Å². The molecule has 126 valence electrons. The molecule has 1 saturated heterocycles. The molecule has 0 amide bonds. The highest BCUT2D eigenvalue weighted by atomic mass is 127. The van der Waals surface area contributed by atoms with Crippen molar-refractivity contribution in [2.75, 3.05) is 77.3 Å². The van der Waals surface area contributed by atoms with Crippen molar-refractivity contribution in [3.63, 3.8) is 0 Å². The first-order valence-corrected chi connectivity index (χ1v) is 9.25. The van der Waals surface area contributed by atoms with Crippen LogP contribution in [-0.2, 0) is 9.47 Å². The lowest BCUT2D eigenvalue weighted by Gasteiger charge is -2.46. The second-order valence-electron chi connectivity index (χ2n) is 5.77. The second-order valence-corrected chi connectivity index (χ2v) is 6.53. The molecule has 21 heavy (non-hydrogen) atoms. The van der Waals surface area contributed by atoms with E-state index in [9.17, 15) is 0 Å². The molecule has 0 unspecified atom stereocenters. The van der Waals surface area contributed by atoms with Gasteiger partial charge >= 0.3 is 0 Å². The number of halogens is 1. The number of alkyl halides is 1. The predicted octanol–water partition coefficient (Wildman–Crippen LogP) is -0.115. The van der Waals surface area contributed by atoms with E-state index in [0.717, 1.165) is 57.0 Å². The molecular formula is C14H31IN4O2. The standard InChI is InChI=1S/C14H31IN4O2/c1-14(11-19(2)12-14)18-6-8-21-10-9-20-7-5-16-3-4-17-13-15/h16-18H,3-13H2,1-2H3. The zero-order valence-electron chi connectivity index (χ0n) is 13.4. The van der Waals surface area contributed by atoms with E-state index in [1.54, 1.807) is 0 Å². The number of rotatable bonds is 14. The van der Waals surface area contributed by atoms with E-state index < -0.39 is 0 Å². The quantitative estimate of drug-likeness (QED) is 0.160. The van der Waals surface area contributed by atoms with Crippen molar-refractivity contribution in [3.8, 4) is 0 Å². The topological polar surface area (TPSA) is 57.8 Å². The first-order valence-electron chi connectivity index (χ1n) is 7.73. The minimum absolute atomic E-state index is 0.284. The van der Waals surface area contributed by atoms with Gasteiger partial charge in [0.05, 0.1) is 26.4 Å². The first kappa shape index (κ1) is 19.5. The molecule has 6 nitrogen and oxygen atoms in total. The first-order chi connectivity index (χ1) is 10.2. The lowest BCUT2D eigenvalue weighted by molar-refractivity contribution is 0.0374. The highest BCUT2D eigenvalue weighted by molar-refractivity contribution is 14.1. The molecular weight excluding hydrogens is 383 g/mol. The van der Waals surface area contributed by atoms with Gasteiger partial charge in [-0.1, -0.05) is 22.6 Å². The van der Waals surface area contributed by atoms with Crippen LogP contribution >= 0.6 is 22.6 Å². The molecule has 0 aromatic rings. The average molecular weight is 414 g/mol. The number of likely N-dealkylation sites (N-methyl/N-ethyl adjacent to an activating group) is 1. The summed E-state index contributed by atoms with van der Waals surface area (Å²) in [5, 5.41) is 10.1. The summed E-state index contributed by atoms with van der Waals surface area (Å²) in [6.07, 6.45) is 0. The van der Waals surface area contributed by atoms with Crippen LogP contribution in [0.3, 0.4) is 0 Å². The molecule has 0 aromatic carbocycles. The van der Waals surface area contributed by atoms with Gasteiger partial charge in [0, 0.05) is 49.4 Å². The second kappa shape index (κ2) is 12.0. The van der Waals surface area contributed by atoms with Crippen molar-refractivity contribution in [2.24, 2.45) is 0 Å². The van der Waals surface area contributed by atoms with Crippen molar-refractivity contribution >= 4 is 22.6 Å². The molecule has 0 aliphatic carbocycles. The molecule has 0 aromatic heterocycles. The third kappa shape index (κ3) is 9.98. The van der Waals surface area contributed by atoms with E-state index in [-0.39, 0.29) is 5.54 Å². The Bertz CT molecular complexity index is 253. The Morgan fingerprint density at radius 2 is 1.57 bits per heavy atom. The third-order valence-corrected chi connectivity index (χ3v) is 3.94. The van der Waals surface area contributed by atoms with E-state index in [1.165, 1.54) is 0 Å². The van der Waals surface area contributed by atoms with Gasteiger partial charge in [0.2, 0.25) is 0 Å². The van der Waals surface area contributed by atoms with Crippen LogP contribution in [0.25, 0.3) is 0 Å². The van der Waals surface area contributed by atoms with Crippen LogP contribution in [0.5, 0.6) is 0 Å². The molecule has 0 radical (unpaired) electrons. The number of hydrogen-bond acceptors (Lipinski definition) is 6. The van der Waals surface area contributed by atoms with Gasteiger partial charge in [0.25, 0.3) is 0 Å². The highest BCUT2D eigenvalue weighted by Gasteiger charge is 2.35. The predicted molar refractivity (Wildman–Crippen MR) is 95.3 cm³/mol. The van der Waals surface area contributed by atoms with Crippen LogP contribution in [0.2, 0.25) is 0 Å². The largest absolute Gasteiger partial charge is 0.378 e. The SMILES string of the molecule is CN1CC(C)(NCCOCCOCCNCCNCI)C1. The smallest absolute Gasteiger partial charge is 0.0701 e.